The van der Waals surface area contributed by atoms with E-state index in [1.54, 1.807) is 4.72 Å². The Morgan fingerprint density at radius 2 is 2.10 bits per heavy atom. The van der Waals surface area contributed by atoms with Gasteiger partial charge in [-0.15, -0.1) is 6.42 Å². The zero-order valence-corrected chi connectivity index (χ0v) is 11.1. The van der Waals surface area contributed by atoms with E-state index >= 15 is 0 Å². The number of nitro groups is 1. The molecule has 9 heteroatoms. The molecule has 1 aromatic rings. The molecule has 0 bridgehead atoms. The molecule has 0 aliphatic rings. The number of carbonyl (C=O) groups is 1. The number of sulfonamides is 1. The molecule has 1 aromatic carbocycles. The van der Waals surface area contributed by atoms with Crippen LogP contribution in [0.25, 0.3) is 0 Å². The SMILES string of the molecule is C#C[C@@H](C)OC(=O)NS(=O)(=O)c1ccccc1[N+](=O)[O-]. The van der Waals surface area contributed by atoms with Crippen LogP contribution < -0.4 is 4.72 Å². The first-order chi connectivity index (χ1) is 9.27. The Bertz CT molecular complexity index is 676. The van der Waals surface area contributed by atoms with Gasteiger partial charge in [0.05, 0.1) is 4.92 Å². The highest BCUT2D eigenvalue weighted by molar-refractivity contribution is 7.90. The van der Waals surface area contributed by atoms with Gasteiger partial charge in [-0.3, -0.25) is 10.1 Å². The fourth-order valence-corrected chi connectivity index (χ4v) is 2.27. The largest absolute Gasteiger partial charge is 0.433 e. The second-order valence-electron chi connectivity index (χ2n) is 3.54. The first-order valence-electron chi connectivity index (χ1n) is 5.21. The minimum atomic E-state index is -4.42. The van der Waals surface area contributed by atoms with E-state index in [0.29, 0.717) is 0 Å². The smallest absolute Gasteiger partial charge is 0.422 e. The highest BCUT2D eigenvalue weighted by atomic mass is 32.2. The van der Waals surface area contributed by atoms with Gasteiger partial charge in [0.2, 0.25) is 0 Å². The van der Waals surface area contributed by atoms with Gasteiger partial charge in [0, 0.05) is 6.07 Å². The molecule has 106 valence electrons. The van der Waals surface area contributed by atoms with Gasteiger partial charge < -0.3 is 4.74 Å². The molecule has 0 radical (unpaired) electrons. The summed E-state index contributed by atoms with van der Waals surface area (Å²) in [6, 6.07) is 4.59. The maximum atomic E-state index is 11.9. The average molecular weight is 298 g/mol. The lowest BCUT2D eigenvalue weighted by atomic mass is 10.3. The van der Waals surface area contributed by atoms with Gasteiger partial charge >= 0.3 is 6.09 Å². The normalized spacial score (nSPS) is 12.0. The summed E-state index contributed by atoms with van der Waals surface area (Å²) in [7, 11) is -4.42. The molecule has 0 unspecified atom stereocenters. The second kappa shape index (κ2) is 6.03. The van der Waals surface area contributed by atoms with Crippen LogP contribution in [0.5, 0.6) is 0 Å². The number of para-hydroxylation sites is 1. The van der Waals surface area contributed by atoms with Crippen molar-refractivity contribution < 1.29 is 22.9 Å². The molecule has 0 aliphatic carbocycles. The predicted octanol–water partition coefficient (Wildman–Crippen LogP) is 1.03. The summed E-state index contributed by atoms with van der Waals surface area (Å²) in [6.45, 7) is 1.36. The first-order valence-corrected chi connectivity index (χ1v) is 6.69. The maximum Gasteiger partial charge on any atom is 0.422 e. The lowest BCUT2D eigenvalue weighted by Gasteiger charge is -2.09. The third kappa shape index (κ3) is 3.69. The number of hydrogen-bond donors (Lipinski definition) is 1. The molecule has 1 N–H and O–H groups in total. The molecule has 0 heterocycles. The average Bonchev–Trinajstić information content (AvgIpc) is 2.37. The Morgan fingerprint density at radius 3 is 2.65 bits per heavy atom. The number of carbonyl (C=O) groups excluding carboxylic acids is 1. The number of ether oxygens (including phenoxy) is 1. The number of benzene rings is 1. The topological polar surface area (TPSA) is 116 Å². The molecule has 0 aromatic heterocycles. The van der Waals surface area contributed by atoms with Crippen molar-refractivity contribution in [2.75, 3.05) is 0 Å². The second-order valence-corrected chi connectivity index (χ2v) is 5.20. The van der Waals surface area contributed by atoms with Crippen molar-refractivity contribution in [1.29, 1.82) is 0 Å². The van der Waals surface area contributed by atoms with Crippen LogP contribution in [0.1, 0.15) is 6.92 Å². The number of terminal acetylenes is 1. The van der Waals surface area contributed by atoms with Gasteiger partial charge in [-0.05, 0) is 13.0 Å². The lowest BCUT2D eigenvalue weighted by Crippen LogP contribution is -2.33. The van der Waals surface area contributed by atoms with E-state index in [0.717, 1.165) is 12.1 Å². The molecule has 1 atom stereocenters. The van der Waals surface area contributed by atoms with Gasteiger partial charge in [-0.25, -0.2) is 17.9 Å². The predicted molar refractivity (Wildman–Crippen MR) is 68.2 cm³/mol. The number of rotatable bonds is 4. The van der Waals surface area contributed by atoms with Crippen molar-refractivity contribution in [2.45, 2.75) is 17.9 Å². The van der Waals surface area contributed by atoms with Crippen molar-refractivity contribution >= 4 is 21.8 Å². The number of amides is 1. The van der Waals surface area contributed by atoms with Crippen LogP contribution in [0.3, 0.4) is 0 Å². The summed E-state index contributed by atoms with van der Waals surface area (Å²) in [6.07, 6.45) is 2.72. The van der Waals surface area contributed by atoms with Crippen LogP contribution in [0.15, 0.2) is 29.2 Å². The van der Waals surface area contributed by atoms with E-state index in [1.165, 1.54) is 19.1 Å². The molecule has 0 saturated carbocycles. The Kier molecular flexibility index (Phi) is 4.66. The van der Waals surface area contributed by atoms with Gasteiger partial charge in [0.25, 0.3) is 15.7 Å². The number of nitrogens with one attached hydrogen (secondary N) is 1. The van der Waals surface area contributed by atoms with E-state index in [2.05, 4.69) is 10.7 Å². The van der Waals surface area contributed by atoms with Crippen LogP contribution >= 0.6 is 0 Å². The van der Waals surface area contributed by atoms with Crippen molar-refractivity contribution in [1.82, 2.24) is 4.72 Å². The van der Waals surface area contributed by atoms with Crippen LogP contribution in [0.2, 0.25) is 0 Å². The molecular formula is C11H10N2O6S. The third-order valence-corrected chi connectivity index (χ3v) is 3.45. The van der Waals surface area contributed by atoms with Crippen LogP contribution in [-0.4, -0.2) is 25.5 Å². The van der Waals surface area contributed by atoms with E-state index in [-0.39, 0.29) is 0 Å². The zero-order valence-electron chi connectivity index (χ0n) is 10.3. The first kappa shape index (κ1) is 15.5. The van der Waals surface area contributed by atoms with Crippen molar-refractivity contribution in [3.8, 4) is 12.3 Å². The molecule has 1 amide bonds. The standard InChI is InChI=1S/C11H10N2O6S/c1-3-8(2)19-11(14)12-20(17,18)10-7-5-4-6-9(10)13(15)16/h1,4-8H,2H3,(H,12,14)/t8-/m1/s1. The van der Waals surface area contributed by atoms with Gasteiger partial charge in [0.15, 0.2) is 11.0 Å². The van der Waals surface area contributed by atoms with Crippen LogP contribution in [0.4, 0.5) is 10.5 Å². The number of nitrogens with zero attached hydrogens (tertiary/aromatic N) is 1. The van der Waals surface area contributed by atoms with Crippen LogP contribution in [-0.2, 0) is 14.8 Å². The Morgan fingerprint density at radius 1 is 1.50 bits per heavy atom. The molecule has 0 spiro atoms. The van der Waals surface area contributed by atoms with Gasteiger partial charge in [-0.1, -0.05) is 18.1 Å². The highest BCUT2D eigenvalue weighted by Crippen LogP contribution is 2.22. The lowest BCUT2D eigenvalue weighted by molar-refractivity contribution is -0.387. The monoisotopic (exact) mass is 298 g/mol. The quantitative estimate of drug-likeness (QED) is 0.504. The Labute approximate surface area is 114 Å². The summed E-state index contributed by atoms with van der Waals surface area (Å²) in [4.78, 5) is 20.5. The number of hydrogen-bond acceptors (Lipinski definition) is 6. The zero-order chi connectivity index (χ0) is 15.3. The fourth-order valence-electron chi connectivity index (χ4n) is 1.22. The van der Waals surface area contributed by atoms with Gasteiger partial charge in [0.1, 0.15) is 0 Å². The highest BCUT2D eigenvalue weighted by Gasteiger charge is 2.27. The molecule has 8 nitrogen and oxygen atoms in total. The molecule has 0 aliphatic heterocycles. The van der Waals surface area contributed by atoms with Crippen LogP contribution in [0, 0.1) is 22.5 Å². The van der Waals surface area contributed by atoms with Gasteiger partial charge in [-0.2, -0.15) is 0 Å². The van der Waals surface area contributed by atoms with E-state index in [1.807, 2.05) is 0 Å². The summed E-state index contributed by atoms with van der Waals surface area (Å²) >= 11 is 0. The van der Waals surface area contributed by atoms with E-state index < -0.39 is 37.7 Å². The summed E-state index contributed by atoms with van der Waals surface area (Å²) in [5.41, 5.74) is -0.655. The Hall–Kier alpha value is -2.60. The Balaban J connectivity index is 3.04. The fraction of sp³-hybridized carbons (Fsp3) is 0.182. The minimum Gasteiger partial charge on any atom is -0.433 e. The summed E-state index contributed by atoms with van der Waals surface area (Å²) < 4.78 is 29.8. The van der Waals surface area contributed by atoms with Crippen molar-refractivity contribution in [3.63, 3.8) is 0 Å². The van der Waals surface area contributed by atoms with Crippen molar-refractivity contribution in [2.24, 2.45) is 0 Å². The van der Waals surface area contributed by atoms with E-state index in [4.69, 9.17) is 6.42 Å². The summed E-state index contributed by atoms with van der Waals surface area (Å²) in [5, 5.41) is 10.7. The minimum absolute atomic E-state index is 0.643. The molecule has 0 saturated heterocycles. The molecule has 0 fully saturated rings. The molecular weight excluding hydrogens is 288 g/mol. The molecule has 20 heavy (non-hydrogen) atoms. The number of nitro benzene ring substituents is 1. The third-order valence-electron chi connectivity index (χ3n) is 2.09. The molecule has 1 rings (SSSR count). The summed E-state index contributed by atoms with van der Waals surface area (Å²) in [5.74, 6) is 2.06. The maximum absolute atomic E-state index is 11.9. The van der Waals surface area contributed by atoms with Crippen molar-refractivity contribution in [3.05, 3.63) is 34.4 Å². The van der Waals surface area contributed by atoms with E-state index in [9.17, 15) is 23.3 Å².